The Labute approximate surface area is 167 Å². The zero-order chi connectivity index (χ0) is 19.3. The van der Waals surface area contributed by atoms with Gasteiger partial charge >= 0.3 is 0 Å². The summed E-state index contributed by atoms with van der Waals surface area (Å²) in [5.74, 6) is 1.17. The number of fused-ring (bicyclic) bond motifs is 2. The quantitative estimate of drug-likeness (QED) is 0.505. The number of allylic oxidation sites excluding steroid dienone is 2. The number of hydrogen-bond acceptors (Lipinski definition) is 0. The molecule has 27 heavy (non-hydrogen) atoms. The van der Waals surface area contributed by atoms with Crippen molar-refractivity contribution in [2.45, 2.75) is 58.5 Å². The lowest BCUT2D eigenvalue weighted by atomic mass is 9.92. The Balaban J connectivity index is 1.76. The Hall–Kier alpha value is -1.86. The maximum atomic E-state index is 2.48. The van der Waals surface area contributed by atoms with Crippen molar-refractivity contribution < 1.29 is 0 Å². The summed E-state index contributed by atoms with van der Waals surface area (Å²) >= 11 is 0. The zero-order valence-electron chi connectivity index (χ0n) is 17.4. The van der Waals surface area contributed by atoms with E-state index in [4.69, 9.17) is 0 Å². The molecular formula is C26H30Si. The van der Waals surface area contributed by atoms with E-state index in [1.165, 1.54) is 22.3 Å². The second-order valence-electron chi connectivity index (χ2n) is 8.80. The summed E-state index contributed by atoms with van der Waals surface area (Å²) in [7, 11) is 0.877. The van der Waals surface area contributed by atoms with Gasteiger partial charge in [0.1, 0.15) is 0 Å². The van der Waals surface area contributed by atoms with Crippen LogP contribution in [-0.2, 0) is 0 Å². The van der Waals surface area contributed by atoms with E-state index in [9.17, 15) is 0 Å². The highest BCUT2D eigenvalue weighted by Gasteiger charge is 2.34. The smallest absolute Gasteiger partial charge is 0.0678 e. The molecule has 0 fully saturated rings. The van der Waals surface area contributed by atoms with Gasteiger partial charge in [0.2, 0.25) is 0 Å². The van der Waals surface area contributed by atoms with Crippen LogP contribution in [0.25, 0.3) is 12.2 Å². The molecule has 0 amide bonds. The van der Waals surface area contributed by atoms with Crippen LogP contribution in [0.3, 0.4) is 0 Å². The molecule has 2 aromatic rings. The molecule has 2 aromatic carbocycles. The van der Waals surface area contributed by atoms with Gasteiger partial charge in [-0.1, -0.05) is 87.4 Å². The standard InChI is InChI=1S/C26H30Si/c1-15(2)20-12-11-17(5)24-23(20)13-18(6)25(24)27-26-21-10-8-7-9-19(21)14-22(26)16(3)4/h7-16,25-26H,1-6H3. The first-order valence-electron chi connectivity index (χ1n) is 10.3. The summed E-state index contributed by atoms with van der Waals surface area (Å²) in [6.07, 6.45) is 4.94. The van der Waals surface area contributed by atoms with Crippen molar-refractivity contribution in [3.05, 3.63) is 80.9 Å². The van der Waals surface area contributed by atoms with Crippen molar-refractivity contribution in [1.29, 1.82) is 0 Å². The van der Waals surface area contributed by atoms with Gasteiger partial charge in [0.25, 0.3) is 0 Å². The summed E-state index contributed by atoms with van der Waals surface area (Å²) in [6, 6.07) is 13.7. The van der Waals surface area contributed by atoms with Gasteiger partial charge in [0.15, 0.2) is 0 Å². The molecule has 0 bridgehead atoms. The van der Waals surface area contributed by atoms with E-state index >= 15 is 0 Å². The third kappa shape index (κ3) is 3.06. The Morgan fingerprint density at radius 2 is 1.56 bits per heavy atom. The third-order valence-electron chi connectivity index (χ3n) is 6.24. The van der Waals surface area contributed by atoms with Gasteiger partial charge in [0, 0.05) is 0 Å². The van der Waals surface area contributed by atoms with Gasteiger partial charge < -0.3 is 0 Å². The van der Waals surface area contributed by atoms with E-state index in [0.29, 0.717) is 22.9 Å². The van der Waals surface area contributed by atoms with Gasteiger partial charge in [-0.25, -0.2) is 0 Å². The van der Waals surface area contributed by atoms with Crippen LogP contribution in [0.15, 0.2) is 47.5 Å². The van der Waals surface area contributed by atoms with Crippen molar-refractivity contribution >= 4 is 21.7 Å². The zero-order valence-corrected chi connectivity index (χ0v) is 18.4. The first-order valence-corrected chi connectivity index (χ1v) is 11.4. The van der Waals surface area contributed by atoms with Gasteiger partial charge in [0.05, 0.1) is 9.52 Å². The average Bonchev–Trinajstić information content (AvgIpc) is 3.15. The molecule has 2 unspecified atom stereocenters. The van der Waals surface area contributed by atoms with E-state index < -0.39 is 0 Å². The lowest BCUT2D eigenvalue weighted by Gasteiger charge is -2.25. The highest BCUT2D eigenvalue weighted by Crippen LogP contribution is 2.46. The van der Waals surface area contributed by atoms with Crippen molar-refractivity contribution in [3.8, 4) is 0 Å². The van der Waals surface area contributed by atoms with Crippen molar-refractivity contribution in [2.75, 3.05) is 0 Å². The molecule has 138 valence electrons. The van der Waals surface area contributed by atoms with Crippen LogP contribution < -0.4 is 0 Å². The predicted octanol–water partition coefficient (Wildman–Crippen LogP) is 7.07. The summed E-state index contributed by atoms with van der Waals surface area (Å²) in [5.41, 5.74) is 13.4. The molecule has 0 aliphatic heterocycles. The van der Waals surface area contributed by atoms with Crippen molar-refractivity contribution in [3.63, 3.8) is 0 Å². The Bertz CT molecular complexity index is 943. The Kier molecular flexibility index (Phi) is 4.76. The van der Waals surface area contributed by atoms with Crippen LogP contribution in [0.4, 0.5) is 0 Å². The van der Waals surface area contributed by atoms with E-state index in [2.05, 4.69) is 90.1 Å². The van der Waals surface area contributed by atoms with Gasteiger partial charge in [-0.05, 0) is 70.1 Å². The lowest BCUT2D eigenvalue weighted by molar-refractivity contribution is 0.740. The summed E-state index contributed by atoms with van der Waals surface area (Å²) < 4.78 is 0. The van der Waals surface area contributed by atoms with E-state index in [0.717, 1.165) is 9.52 Å². The van der Waals surface area contributed by atoms with E-state index in [-0.39, 0.29) is 0 Å². The molecule has 0 aromatic heterocycles. The minimum absolute atomic E-state index is 0.567. The molecular weight excluding hydrogens is 340 g/mol. The van der Waals surface area contributed by atoms with Crippen LogP contribution in [0.5, 0.6) is 0 Å². The minimum atomic E-state index is 0.567. The number of aryl methyl sites for hydroxylation is 1. The fourth-order valence-electron chi connectivity index (χ4n) is 4.76. The van der Waals surface area contributed by atoms with Crippen LogP contribution in [-0.4, -0.2) is 9.52 Å². The molecule has 2 aliphatic carbocycles. The summed E-state index contributed by atoms with van der Waals surface area (Å²) in [5, 5.41) is 0. The third-order valence-corrected chi connectivity index (χ3v) is 8.29. The van der Waals surface area contributed by atoms with Crippen molar-refractivity contribution in [2.24, 2.45) is 5.92 Å². The molecule has 0 N–H and O–H groups in total. The molecule has 4 rings (SSSR count). The van der Waals surface area contributed by atoms with Crippen LogP contribution in [0, 0.1) is 12.8 Å². The monoisotopic (exact) mass is 370 g/mol. The Morgan fingerprint density at radius 3 is 2.26 bits per heavy atom. The maximum absolute atomic E-state index is 2.48. The maximum Gasteiger partial charge on any atom is 0.0678 e. The first-order chi connectivity index (χ1) is 12.9. The van der Waals surface area contributed by atoms with Crippen LogP contribution >= 0.6 is 0 Å². The molecule has 2 aliphatic rings. The molecule has 0 nitrogen and oxygen atoms in total. The molecule has 0 heterocycles. The normalized spacial score (nSPS) is 20.7. The van der Waals surface area contributed by atoms with Gasteiger partial charge in [-0.15, -0.1) is 0 Å². The fourth-order valence-corrected chi connectivity index (χ4v) is 7.04. The molecule has 0 spiro atoms. The second kappa shape index (κ2) is 6.94. The summed E-state index contributed by atoms with van der Waals surface area (Å²) in [4.78, 5) is 0. The number of rotatable bonds is 4. The van der Waals surface area contributed by atoms with E-state index in [1.54, 1.807) is 22.3 Å². The number of benzene rings is 2. The Morgan fingerprint density at radius 1 is 0.815 bits per heavy atom. The molecule has 0 saturated carbocycles. The molecule has 2 atom stereocenters. The summed E-state index contributed by atoms with van der Waals surface area (Å²) in [6.45, 7) is 14.0. The SMILES string of the molecule is CC1=Cc2c(C(C)C)ccc(C)c2C1[Si]C1C(C(C)C)=Cc2ccccc21. The average molecular weight is 371 g/mol. The van der Waals surface area contributed by atoms with E-state index in [1.807, 2.05) is 0 Å². The molecule has 2 radical (unpaired) electrons. The topological polar surface area (TPSA) is 0 Å². The fraction of sp³-hybridized carbons (Fsp3) is 0.385. The van der Waals surface area contributed by atoms with Gasteiger partial charge in [-0.2, -0.15) is 0 Å². The lowest BCUT2D eigenvalue weighted by Crippen LogP contribution is -2.20. The highest BCUT2D eigenvalue weighted by atomic mass is 28.2. The second-order valence-corrected chi connectivity index (χ2v) is 10.3. The molecule has 1 heteroatoms. The van der Waals surface area contributed by atoms with Crippen LogP contribution in [0.1, 0.15) is 85.0 Å². The minimum Gasteiger partial charge on any atom is -0.0684 e. The highest BCUT2D eigenvalue weighted by molar-refractivity contribution is 6.44. The largest absolute Gasteiger partial charge is 0.0684 e. The predicted molar refractivity (Wildman–Crippen MR) is 119 cm³/mol. The first kappa shape index (κ1) is 18.5. The van der Waals surface area contributed by atoms with Gasteiger partial charge in [-0.3, -0.25) is 0 Å². The number of hydrogen-bond donors (Lipinski definition) is 0. The van der Waals surface area contributed by atoms with Crippen molar-refractivity contribution in [1.82, 2.24) is 0 Å². The van der Waals surface area contributed by atoms with Crippen LogP contribution in [0.2, 0.25) is 0 Å². The molecule has 0 saturated heterocycles.